The molecule has 2 rings (SSSR count). The third-order valence-corrected chi connectivity index (χ3v) is 4.09. The SMILES string of the molecule is Cc1nc(CC(=O)NCc2cc(F)ccc2Br)cs1. The predicted octanol–water partition coefficient (Wildman–Crippen LogP) is 3.21. The van der Waals surface area contributed by atoms with Gasteiger partial charge in [0.2, 0.25) is 5.91 Å². The van der Waals surface area contributed by atoms with Crippen LogP contribution in [0.5, 0.6) is 0 Å². The highest BCUT2D eigenvalue weighted by Gasteiger charge is 2.08. The van der Waals surface area contributed by atoms with Gasteiger partial charge in [-0.15, -0.1) is 11.3 Å². The summed E-state index contributed by atoms with van der Waals surface area (Å²) in [5.41, 5.74) is 1.47. The number of nitrogens with zero attached hydrogens (tertiary/aromatic N) is 1. The van der Waals surface area contributed by atoms with Crippen molar-refractivity contribution in [1.82, 2.24) is 10.3 Å². The monoisotopic (exact) mass is 342 g/mol. The summed E-state index contributed by atoms with van der Waals surface area (Å²) < 4.78 is 13.9. The van der Waals surface area contributed by atoms with Crippen molar-refractivity contribution in [3.8, 4) is 0 Å². The second-order valence-electron chi connectivity index (χ2n) is 4.05. The molecule has 1 aromatic carbocycles. The van der Waals surface area contributed by atoms with E-state index in [4.69, 9.17) is 0 Å². The Labute approximate surface area is 123 Å². The van der Waals surface area contributed by atoms with Gasteiger partial charge in [-0.05, 0) is 30.7 Å². The molecule has 6 heteroatoms. The number of carbonyl (C=O) groups excluding carboxylic acids is 1. The topological polar surface area (TPSA) is 42.0 Å². The fraction of sp³-hybridized carbons (Fsp3) is 0.231. The van der Waals surface area contributed by atoms with Gasteiger partial charge in [0.05, 0.1) is 17.1 Å². The lowest BCUT2D eigenvalue weighted by molar-refractivity contribution is -0.120. The summed E-state index contributed by atoms with van der Waals surface area (Å²) in [4.78, 5) is 16.0. The first-order chi connectivity index (χ1) is 9.04. The highest BCUT2D eigenvalue weighted by Crippen LogP contribution is 2.17. The van der Waals surface area contributed by atoms with Crippen molar-refractivity contribution in [2.45, 2.75) is 19.9 Å². The van der Waals surface area contributed by atoms with E-state index in [1.807, 2.05) is 12.3 Å². The zero-order chi connectivity index (χ0) is 13.8. The van der Waals surface area contributed by atoms with Crippen LogP contribution < -0.4 is 5.32 Å². The van der Waals surface area contributed by atoms with Gasteiger partial charge in [0.15, 0.2) is 0 Å². The van der Waals surface area contributed by atoms with Crippen molar-refractivity contribution in [2.75, 3.05) is 0 Å². The van der Waals surface area contributed by atoms with Gasteiger partial charge in [-0.2, -0.15) is 0 Å². The number of nitrogens with one attached hydrogen (secondary N) is 1. The Morgan fingerprint density at radius 3 is 3.00 bits per heavy atom. The first-order valence-electron chi connectivity index (χ1n) is 5.66. The number of aromatic nitrogens is 1. The molecule has 0 aliphatic rings. The lowest BCUT2D eigenvalue weighted by atomic mass is 10.2. The maximum atomic E-state index is 13.1. The molecule has 0 spiro atoms. The second kappa shape index (κ2) is 6.25. The molecule has 1 N–H and O–H groups in total. The van der Waals surface area contributed by atoms with Gasteiger partial charge in [-0.1, -0.05) is 15.9 Å². The first kappa shape index (κ1) is 14.1. The lowest BCUT2D eigenvalue weighted by Crippen LogP contribution is -2.24. The highest BCUT2D eigenvalue weighted by atomic mass is 79.9. The van der Waals surface area contributed by atoms with Crippen molar-refractivity contribution in [3.63, 3.8) is 0 Å². The summed E-state index contributed by atoms with van der Waals surface area (Å²) >= 11 is 4.84. The van der Waals surface area contributed by atoms with Crippen LogP contribution in [0.1, 0.15) is 16.3 Å². The standard InChI is InChI=1S/C13H12BrFN2OS/c1-8-17-11(7-19-8)5-13(18)16-6-9-4-10(15)2-3-12(9)14/h2-4,7H,5-6H2,1H3,(H,16,18). The molecule has 0 fully saturated rings. The van der Waals surface area contributed by atoms with Gasteiger partial charge in [-0.3, -0.25) is 4.79 Å². The molecule has 0 unspecified atom stereocenters. The van der Waals surface area contributed by atoms with Crippen molar-refractivity contribution >= 4 is 33.2 Å². The second-order valence-corrected chi connectivity index (χ2v) is 5.96. The number of hydrogen-bond acceptors (Lipinski definition) is 3. The van der Waals surface area contributed by atoms with Crippen LogP contribution in [0.4, 0.5) is 4.39 Å². The van der Waals surface area contributed by atoms with Crippen molar-refractivity contribution in [2.24, 2.45) is 0 Å². The normalized spacial score (nSPS) is 10.5. The molecule has 0 bridgehead atoms. The minimum absolute atomic E-state index is 0.124. The summed E-state index contributed by atoms with van der Waals surface area (Å²) in [5.74, 6) is -0.441. The van der Waals surface area contributed by atoms with E-state index in [2.05, 4.69) is 26.2 Å². The minimum atomic E-state index is -0.317. The molecule has 2 aromatic rings. The van der Waals surface area contributed by atoms with E-state index in [1.54, 1.807) is 6.07 Å². The Morgan fingerprint density at radius 2 is 2.32 bits per heavy atom. The fourth-order valence-electron chi connectivity index (χ4n) is 1.59. The van der Waals surface area contributed by atoms with Gasteiger partial charge in [-0.25, -0.2) is 9.37 Å². The van der Waals surface area contributed by atoms with E-state index in [9.17, 15) is 9.18 Å². The molecule has 0 saturated heterocycles. The van der Waals surface area contributed by atoms with Crippen LogP contribution in [-0.4, -0.2) is 10.9 Å². The van der Waals surface area contributed by atoms with Crippen LogP contribution in [0, 0.1) is 12.7 Å². The van der Waals surface area contributed by atoms with Crippen LogP contribution in [0.2, 0.25) is 0 Å². The predicted molar refractivity (Wildman–Crippen MR) is 76.5 cm³/mol. The van der Waals surface area contributed by atoms with Crippen molar-refractivity contribution < 1.29 is 9.18 Å². The van der Waals surface area contributed by atoms with Crippen molar-refractivity contribution in [1.29, 1.82) is 0 Å². The Morgan fingerprint density at radius 1 is 1.53 bits per heavy atom. The summed E-state index contributed by atoms with van der Waals surface area (Å²) in [6.07, 6.45) is 0.247. The lowest BCUT2D eigenvalue weighted by Gasteiger charge is -2.06. The Kier molecular flexibility index (Phi) is 4.66. The van der Waals surface area contributed by atoms with Crippen LogP contribution >= 0.6 is 27.3 Å². The van der Waals surface area contributed by atoms with Crippen LogP contribution in [0.15, 0.2) is 28.1 Å². The summed E-state index contributed by atoms with van der Waals surface area (Å²) in [6.45, 7) is 2.19. The molecule has 1 amide bonds. The number of rotatable bonds is 4. The molecule has 100 valence electrons. The van der Waals surface area contributed by atoms with Crippen LogP contribution in [0.25, 0.3) is 0 Å². The number of hydrogen-bond donors (Lipinski definition) is 1. The number of benzene rings is 1. The van der Waals surface area contributed by atoms with E-state index < -0.39 is 0 Å². The van der Waals surface area contributed by atoms with E-state index in [1.165, 1.54) is 23.5 Å². The quantitative estimate of drug-likeness (QED) is 0.926. The Balaban J connectivity index is 1.91. The molecule has 0 aliphatic heterocycles. The fourth-order valence-corrected chi connectivity index (χ4v) is 2.59. The number of thiazole rings is 1. The molecule has 1 heterocycles. The van der Waals surface area contributed by atoms with E-state index >= 15 is 0 Å². The molecule has 0 radical (unpaired) electrons. The molecule has 0 saturated carbocycles. The molecule has 3 nitrogen and oxygen atoms in total. The molecular weight excluding hydrogens is 331 g/mol. The zero-order valence-electron chi connectivity index (χ0n) is 10.2. The number of aryl methyl sites for hydroxylation is 1. The Bertz CT molecular complexity index is 600. The molecular formula is C13H12BrFN2OS. The average Bonchev–Trinajstić information content (AvgIpc) is 2.76. The van der Waals surface area contributed by atoms with Gasteiger partial charge in [0.1, 0.15) is 5.82 Å². The van der Waals surface area contributed by atoms with Crippen molar-refractivity contribution in [3.05, 3.63) is 50.1 Å². The van der Waals surface area contributed by atoms with E-state index in [0.717, 1.165) is 15.2 Å². The van der Waals surface area contributed by atoms with Gasteiger partial charge >= 0.3 is 0 Å². The minimum Gasteiger partial charge on any atom is -0.352 e. The first-order valence-corrected chi connectivity index (χ1v) is 7.33. The number of amides is 1. The van der Waals surface area contributed by atoms with Gasteiger partial charge < -0.3 is 5.32 Å². The maximum Gasteiger partial charge on any atom is 0.226 e. The summed E-state index contributed by atoms with van der Waals surface area (Å²) in [7, 11) is 0. The van der Waals surface area contributed by atoms with E-state index in [0.29, 0.717) is 12.1 Å². The largest absolute Gasteiger partial charge is 0.352 e. The zero-order valence-corrected chi connectivity index (χ0v) is 12.6. The number of carbonyl (C=O) groups is 1. The third kappa shape index (κ3) is 4.11. The Hall–Kier alpha value is -1.27. The van der Waals surface area contributed by atoms with E-state index in [-0.39, 0.29) is 18.1 Å². The summed E-state index contributed by atoms with van der Waals surface area (Å²) in [5, 5.41) is 5.56. The molecule has 0 aliphatic carbocycles. The maximum absolute atomic E-state index is 13.1. The molecule has 0 atom stereocenters. The van der Waals surface area contributed by atoms with Gasteiger partial charge in [0, 0.05) is 16.4 Å². The molecule has 1 aromatic heterocycles. The highest BCUT2D eigenvalue weighted by molar-refractivity contribution is 9.10. The smallest absolute Gasteiger partial charge is 0.226 e. The molecule has 19 heavy (non-hydrogen) atoms. The average molecular weight is 343 g/mol. The number of halogens is 2. The van der Waals surface area contributed by atoms with Crippen LogP contribution in [0.3, 0.4) is 0 Å². The third-order valence-electron chi connectivity index (χ3n) is 2.49. The van der Waals surface area contributed by atoms with Crippen LogP contribution in [-0.2, 0) is 17.8 Å². The summed E-state index contributed by atoms with van der Waals surface area (Å²) in [6, 6.07) is 4.39. The van der Waals surface area contributed by atoms with Gasteiger partial charge in [0.25, 0.3) is 0 Å².